The first-order valence-electron chi connectivity index (χ1n) is 7.83. The molecule has 1 aliphatic rings. The Morgan fingerprint density at radius 2 is 2.00 bits per heavy atom. The molecule has 0 spiro atoms. The van der Waals surface area contributed by atoms with Gasteiger partial charge in [0.15, 0.2) is 5.65 Å². The van der Waals surface area contributed by atoms with Gasteiger partial charge in [-0.2, -0.15) is 15.1 Å². The number of rotatable bonds is 5. The second-order valence-corrected chi connectivity index (χ2v) is 6.18. The molecule has 0 atom stereocenters. The third kappa shape index (κ3) is 2.94. The maximum absolute atomic E-state index is 4.74. The van der Waals surface area contributed by atoms with Crippen LogP contribution in [0.25, 0.3) is 11.0 Å². The number of aryl methyl sites for hydroxylation is 1. The fraction of sp³-hybridized carbons (Fsp3) is 0.667. The van der Waals surface area contributed by atoms with Crippen LogP contribution in [0.1, 0.15) is 33.1 Å². The van der Waals surface area contributed by atoms with Gasteiger partial charge in [0, 0.05) is 26.7 Å². The summed E-state index contributed by atoms with van der Waals surface area (Å²) in [5.41, 5.74) is 0.902. The van der Waals surface area contributed by atoms with Crippen molar-refractivity contribution in [1.82, 2.24) is 19.7 Å². The molecule has 2 aromatic rings. The van der Waals surface area contributed by atoms with Gasteiger partial charge in [0.1, 0.15) is 5.82 Å². The van der Waals surface area contributed by atoms with E-state index in [1.807, 2.05) is 17.9 Å². The number of fused-ring (bicyclic) bond motifs is 1. The minimum absolute atomic E-state index is 0.677. The monoisotopic (exact) mass is 288 g/mol. The van der Waals surface area contributed by atoms with E-state index in [1.165, 1.54) is 12.8 Å². The number of aromatic nitrogens is 4. The third-order valence-corrected chi connectivity index (χ3v) is 3.98. The fourth-order valence-electron chi connectivity index (χ4n) is 2.73. The Hall–Kier alpha value is -1.85. The molecule has 0 amide bonds. The standard InChI is InChI=1S/C15H24N6/c1-11(2)6-7-16-15-18-13-12(10-17-20(13)3)14(19-15)21-8-4-5-9-21/h10-11H,4-9H2,1-3H3,(H,16,18,19). The number of anilines is 2. The lowest BCUT2D eigenvalue weighted by Crippen LogP contribution is -2.20. The summed E-state index contributed by atoms with van der Waals surface area (Å²) < 4.78 is 1.82. The van der Waals surface area contributed by atoms with Crippen molar-refractivity contribution in [3.8, 4) is 0 Å². The molecule has 0 radical (unpaired) electrons. The van der Waals surface area contributed by atoms with Gasteiger partial charge in [-0.05, 0) is 25.2 Å². The van der Waals surface area contributed by atoms with Gasteiger partial charge in [-0.15, -0.1) is 0 Å². The summed E-state index contributed by atoms with van der Waals surface area (Å²) in [6.07, 6.45) is 5.47. The van der Waals surface area contributed by atoms with E-state index in [0.717, 1.165) is 42.9 Å². The van der Waals surface area contributed by atoms with Crippen LogP contribution in [0, 0.1) is 5.92 Å². The molecule has 1 aliphatic heterocycles. The van der Waals surface area contributed by atoms with E-state index >= 15 is 0 Å². The Balaban J connectivity index is 1.91. The summed E-state index contributed by atoms with van der Waals surface area (Å²) in [5, 5.41) is 8.75. The van der Waals surface area contributed by atoms with E-state index in [2.05, 4.69) is 34.1 Å². The summed E-state index contributed by atoms with van der Waals surface area (Å²) in [5.74, 6) is 2.42. The molecule has 0 aromatic carbocycles. The van der Waals surface area contributed by atoms with Crippen molar-refractivity contribution >= 4 is 22.8 Å². The fourth-order valence-corrected chi connectivity index (χ4v) is 2.73. The lowest BCUT2D eigenvalue weighted by Gasteiger charge is -2.18. The van der Waals surface area contributed by atoms with Crippen molar-refractivity contribution in [3.63, 3.8) is 0 Å². The smallest absolute Gasteiger partial charge is 0.226 e. The van der Waals surface area contributed by atoms with Gasteiger partial charge in [0.2, 0.25) is 5.95 Å². The van der Waals surface area contributed by atoms with Crippen LogP contribution in [0.2, 0.25) is 0 Å². The molecule has 0 bridgehead atoms. The molecular formula is C15H24N6. The molecule has 2 aromatic heterocycles. The molecule has 0 saturated carbocycles. The van der Waals surface area contributed by atoms with Gasteiger partial charge in [0.25, 0.3) is 0 Å². The summed E-state index contributed by atoms with van der Waals surface area (Å²) in [6, 6.07) is 0. The topological polar surface area (TPSA) is 58.9 Å². The lowest BCUT2D eigenvalue weighted by atomic mass is 10.1. The molecule has 3 heterocycles. The zero-order chi connectivity index (χ0) is 14.8. The van der Waals surface area contributed by atoms with Crippen LogP contribution >= 0.6 is 0 Å². The molecule has 0 unspecified atom stereocenters. The highest BCUT2D eigenvalue weighted by molar-refractivity contribution is 5.88. The molecule has 6 nitrogen and oxygen atoms in total. The third-order valence-electron chi connectivity index (χ3n) is 3.98. The quantitative estimate of drug-likeness (QED) is 0.915. The summed E-state index contributed by atoms with van der Waals surface area (Å²) in [6.45, 7) is 7.50. The Morgan fingerprint density at radius 1 is 1.24 bits per heavy atom. The molecule has 0 aliphatic carbocycles. The van der Waals surface area contributed by atoms with E-state index < -0.39 is 0 Å². The summed E-state index contributed by atoms with van der Waals surface area (Å²) in [7, 11) is 1.93. The van der Waals surface area contributed by atoms with Gasteiger partial charge >= 0.3 is 0 Å². The van der Waals surface area contributed by atoms with Crippen LogP contribution in [-0.4, -0.2) is 39.4 Å². The van der Waals surface area contributed by atoms with Crippen LogP contribution in [0.3, 0.4) is 0 Å². The number of nitrogens with zero attached hydrogens (tertiary/aromatic N) is 5. The van der Waals surface area contributed by atoms with Crippen LogP contribution in [0.4, 0.5) is 11.8 Å². The second-order valence-electron chi connectivity index (χ2n) is 6.18. The first-order chi connectivity index (χ1) is 10.1. The highest BCUT2D eigenvalue weighted by Gasteiger charge is 2.19. The van der Waals surface area contributed by atoms with E-state index in [0.29, 0.717) is 11.9 Å². The van der Waals surface area contributed by atoms with Crippen molar-refractivity contribution in [2.24, 2.45) is 13.0 Å². The van der Waals surface area contributed by atoms with Gasteiger partial charge < -0.3 is 10.2 Å². The van der Waals surface area contributed by atoms with Crippen molar-refractivity contribution < 1.29 is 0 Å². The van der Waals surface area contributed by atoms with Crippen LogP contribution < -0.4 is 10.2 Å². The van der Waals surface area contributed by atoms with Gasteiger partial charge in [-0.1, -0.05) is 13.8 Å². The Morgan fingerprint density at radius 3 is 2.71 bits per heavy atom. The minimum Gasteiger partial charge on any atom is -0.356 e. The first-order valence-corrected chi connectivity index (χ1v) is 7.83. The van der Waals surface area contributed by atoms with E-state index in [4.69, 9.17) is 4.98 Å². The Bertz CT molecular complexity index is 612. The highest BCUT2D eigenvalue weighted by atomic mass is 15.3. The highest BCUT2D eigenvalue weighted by Crippen LogP contribution is 2.27. The Kier molecular flexibility index (Phi) is 3.94. The van der Waals surface area contributed by atoms with E-state index in [1.54, 1.807) is 0 Å². The molecular weight excluding hydrogens is 264 g/mol. The lowest BCUT2D eigenvalue weighted by molar-refractivity contribution is 0.606. The predicted molar refractivity (Wildman–Crippen MR) is 85.7 cm³/mol. The van der Waals surface area contributed by atoms with Gasteiger partial charge in [0.05, 0.1) is 11.6 Å². The largest absolute Gasteiger partial charge is 0.356 e. The van der Waals surface area contributed by atoms with Crippen molar-refractivity contribution in [1.29, 1.82) is 0 Å². The van der Waals surface area contributed by atoms with Crippen LogP contribution in [0.15, 0.2) is 6.20 Å². The zero-order valence-corrected chi connectivity index (χ0v) is 13.1. The second kappa shape index (κ2) is 5.87. The molecule has 6 heteroatoms. The summed E-state index contributed by atoms with van der Waals surface area (Å²) >= 11 is 0. The van der Waals surface area contributed by atoms with Crippen LogP contribution in [0.5, 0.6) is 0 Å². The van der Waals surface area contributed by atoms with Gasteiger partial charge in [-0.25, -0.2) is 0 Å². The first kappa shape index (κ1) is 14.1. The number of nitrogens with one attached hydrogen (secondary N) is 1. The molecule has 3 rings (SSSR count). The number of hydrogen-bond acceptors (Lipinski definition) is 5. The van der Waals surface area contributed by atoms with Crippen LogP contribution in [-0.2, 0) is 7.05 Å². The molecule has 1 N–H and O–H groups in total. The predicted octanol–water partition coefficient (Wildman–Crippen LogP) is 2.42. The SMILES string of the molecule is CC(C)CCNc1nc(N2CCCC2)c2cnn(C)c2n1. The molecule has 21 heavy (non-hydrogen) atoms. The Labute approximate surface area is 125 Å². The van der Waals surface area contributed by atoms with Crippen molar-refractivity contribution in [2.75, 3.05) is 29.9 Å². The van der Waals surface area contributed by atoms with Crippen molar-refractivity contribution in [2.45, 2.75) is 33.1 Å². The average molecular weight is 288 g/mol. The molecule has 1 fully saturated rings. The normalized spacial score (nSPS) is 15.3. The van der Waals surface area contributed by atoms with Gasteiger partial charge in [-0.3, -0.25) is 4.68 Å². The number of hydrogen-bond donors (Lipinski definition) is 1. The maximum Gasteiger partial charge on any atom is 0.226 e. The average Bonchev–Trinajstić information content (AvgIpc) is 3.08. The maximum atomic E-state index is 4.74. The van der Waals surface area contributed by atoms with E-state index in [9.17, 15) is 0 Å². The molecule has 1 saturated heterocycles. The zero-order valence-electron chi connectivity index (χ0n) is 13.1. The minimum atomic E-state index is 0.677. The summed E-state index contributed by atoms with van der Waals surface area (Å²) in [4.78, 5) is 11.7. The van der Waals surface area contributed by atoms with E-state index in [-0.39, 0.29) is 0 Å². The van der Waals surface area contributed by atoms with Crippen molar-refractivity contribution in [3.05, 3.63) is 6.20 Å². The molecule has 114 valence electrons.